The fourth-order valence-electron chi connectivity index (χ4n) is 4.63. The second kappa shape index (κ2) is 15.5. The molecule has 0 amide bonds. The summed E-state index contributed by atoms with van der Waals surface area (Å²) in [6.07, 6.45) is 1.52. The second-order valence-electron chi connectivity index (χ2n) is 10.7. The van der Waals surface area contributed by atoms with Crippen molar-refractivity contribution in [1.29, 1.82) is 0 Å². The zero-order valence-electron chi connectivity index (χ0n) is 25.4. The molecule has 6 aromatic carbocycles. The van der Waals surface area contributed by atoms with Gasteiger partial charge in [0.05, 0.1) is 35.1 Å². The minimum atomic E-state index is -5.42. The quantitative estimate of drug-likeness (QED) is 0.0699. The van der Waals surface area contributed by atoms with Crippen LogP contribution in [0.15, 0.2) is 121 Å². The summed E-state index contributed by atoms with van der Waals surface area (Å²) < 4.78 is 0. The summed E-state index contributed by atoms with van der Waals surface area (Å²) in [5.74, 6) is 13.6. The van der Waals surface area contributed by atoms with Crippen LogP contribution in [0.1, 0.15) is 24.0 Å². The summed E-state index contributed by atoms with van der Waals surface area (Å²) >= 11 is 0. The Morgan fingerprint density at radius 2 is 0.520 bits per heavy atom. The van der Waals surface area contributed by atoms with Crippen LogP contribution >= 0.6 is 106 Å². The van der Waals surface area contributed by atoms with E-state index >= 15 is 0 Å². The van der Waals surface area contributed by atoms with E-state index in [9.17, 15) is 0 Å². The van der Waals surface area contributed by atoms with E-state index in [-0.39, 0.29) is 0 Å². The van der Waals surface area contributed by atoms with Crippen molar-refractivity contribution in [2.24, 2.45) is 0 Å². The number of benzene rings is 4. The van der Waals surface area contributed by atoms with Crippen LogP contribution in [0.5, 0.6) is 0 Å². The van der Waals surface area contributed by atoms with E-state index in [1.807, 2.05) is 0 Å². The number of unbranched alkanes of at least 4 members (excludes halogenated alkanes) is 1. The fourth-order valence-corrected chi connectivity index (χ4v) is 4.63. The maximum absolute atomic E-state index is 5.42. The van der Waals surface area contributed by atoms with Gasteiger partial charge in [-0.2, -0.15) is 0 Å². The van der Waals surface area contributed by atoms with Gasteiger partial charge in [-0.15, -0.1) is 0 Å². The third-order valence-electron chi connectivity index (χ3n) is 6.43. The van der Waals surface area contributed by atoms with Crippen LogP contribution in [0.3, 0.4) is 0 Å². The van der Waals surface area contributed by atoms with Crippen LogP contribution in [-0.2, 0) is 0 Å². The zero-order valence-corrected chi connectivity index (χ0v) is 39.6. The molecule has 0 aromatic heterocycles. The summed E-state index contributed by atoms with van der Waals surface area (Å²) in [6, 6.07) is 42.2. The third-order valence-corrected chi connectivity index (χ3v) is 6.43. The Kier molecular flexibility index (Phi) is 13.3. The van der Waals surface area contributed by atoms with E-state index in [2.05, 4.69) is 145 Å². The van der Waals surface area contributed by atoms with Crippen molar-refractivity contribution >= 4 is 124 Å². The Hall–Kier alpha value is 0.336. The van der Waals surface area contributed by atoms with E-state index in [0.717, 1.165) is 24.0 Å². The molecule has 0 saturated heterocycles. The number of halogens is 12. The van der Waals surface area contributed by atoms with Gasteiger partial charge in [-0.1, -0.05) is 72.8 Å². The van der Waals surface area contributed by atoms with E-state index in [0.29, 0.717) is 0 Å². The Balaban J connectivity index is 0.000000340. The predicted octanol–water partition coefficient (Wildman–Crippen LogP) is 16.4. The van der Waals surface area contributed by atoms with Gasteiger partial charge in [0.2, 0.25) is 0 Å². The molecule has 0 bridgehead atoms. The molecule has 262 valence electrons. The normalized spacial score (nSPS) is 14.1. The van der Waals surface area contributed by atoms with Crippen molar-refractivity contribution in [3.05, 3.63) is 132 Å². The van der Waals surface area contributed by atoms with Crippen LogP contribution in [0.4, 0.5) is 0 Å². The first-order valence-electron chi connectivity index (χ1n) is 14.4. The Morgan fingerprint density at radius 1 is 0.340 bits per heavy atom. The molecule has 6 aromatic rings. The molecule has 0 spiro atoms. The van der Waals surface area contributed by atoms with Crippen molar-refractivity contribution in [2.45, 2.75) is 12.8 Å². The molecule has 0 N–H and O–H groups in total. The Labute approximate surface area is 332 Å². The van der Waals surface area contributed by atoms with Gasteiger partial charge in [0.25, 0.3) is 0 Å². The van der Waals surface area contributed by atoms with Gasteiger partial charge in [0.15, 0.2) is 11.1 Å². The Bertz CT molecular complexity index is 1830. The summed E-state index contributed by atoms with van der Waals surface area (Å²) in [7, 11) is 49.9. The molecule has 6 rings (SSSR count). The number of hydrogen-bond acceptors (Lipinski definition) is 0. The zero-order chi connectivity index (χ0) is 37.0. The van der Waals surface area contributed by atoms with Gasteiger partial charge in [0, 0.05) is 11.8 Å². The first-order valence-corrected chi connectivity index (χ1v) is 53.2. The number of rotatable bonds is 5. The molecule has 0 fully saturated rings. The van der Waals surface area contributed by atoms with Crippen LogP contribution in [-0.4, -0.2) is 18.3 Å². The third kappa shape index (κ3) is 18.1. The molecule has 0 unspecified atom stereocenters. The molecular formula is C36H24Cl12Sb2. The monoisotopic (exact) mass is 1120 g/mol. The van der Waals surface area contributed by atoms with E-state index < -0.39 is 18.3 Å². The van der Waals surface area contributed by atoms with Crippen molar-refractivity contribution in [2.75, 3.05) is 0 Å². The minimum absolute atomic E-state index is 0.759. The molecule has 0 atom stereocenters. The summed E-state index contributed by atoms with van der Waals surface area (Å²) in [5.41, 5.74) is 12.4. The Morgan fingerprint density at radius 3 is 0.700 bits per heavy atom. The van der Waals surface area contributed by atoms with Gasteiger partial charge in [-0.05, 0) is 60.4 Å². The number of hydrogen-bond donors (Lipinski definition) is 0. The first-order chi connectivity index (χ1) is 22.8. The maximum atomic E-state index is 5.06. The molecule has 0 aliphatic rings. The molecule has 0 radical (unpaired) electrons. The fraction of sp³-hybridized carbons (Fsp3) is 0.0556. The molecule has 50 heavy (non-hydrogen) atoms. The van der Waals surface area contributed by atoms with Crippen LogP contribution < -0.4 is 0 Å². The van der Waals surface area contributed by atoms with Gasteiger partial charge in [0.1, 0.15) is 22.3 Å². The van der Waals surface area contributed by atoms with Gasteiger partial charge < -0.3 is 0 Å². The second-order valence-corrected chi connectivity index (χ2v) is 125. The van der Waals surface area contributed by atoms with Crippen molar-refractivity contribution in [3.63, 3.8) is 0 Å². The molecular weight excluding hydrogens is 1100 g/mol. The molecule has 0 heterocycles. The molecule has 0 aliphatic heterocycles. The molecule has 0 saturated carbocycles. The van der Waals surface area contributed by atoms with E-state index in [1.165, 1.54) is 44.5 Å². The van der Waals surface area contributed by atoms with Gasteiger partial charge in [-0.3, -0.25) is 0 Å². The topological polar surface area (TPSA) is 0 Å². The van der Waals surface area contributed by atoms with Crippen LogP contribution in [0, 0.1) is 23.7 Å². The van der Waals surface area contributed by atoms with Gasteiger partial charge in [-0.25, -0.2) is 0 Å². The molecule has 0 nitrogen and oxygen atoms in total. The van der Waals surface area contributed by atoms with Crippen LogP contribution in [0.2, 0.25) is 0 Å². The average molecular weight is 1130 g/mol. The predicted molar refractivity (Wildman–Crippen MR) is 233 cm³/mol. The van der Waals surface area contributed by atoms with Crippen LogP contribution in [0.25, 0.3) is 44.5 Å². The standard InChI is InChI=1S/C36H24.12ClH.2Sb/c1(15-25-31-33(27-17-7-3-8-18-27)34(31)28-19-9-4-10-20-28)2-16-26-32-35(29-21-11-5-12-22-29)36(32)30-23-13-6-14-24-30;;;;;;;;;;;;;;/h3-14,17-24H,1-2H2;12*1H;;/q+2;;;;;;;;;;;;;2*+5/p-12. The van der Waals surface area contributed by atoms with Crippen molar-refractivity contribution in [1.82, 2.24) is 0 Å². The van der Waals surface area contributed by atoms with Crippen molar-refractivity contribution < 1.29 is 0 Å². The SMILES string of the molecule is C(#C[c+]1c(-c2ccccc2)c1-c1ccccc1)CCC#C[c+]1c(-c2ccccc2)c1-c1ccccc1.[Cl][Sb-]([Cl])([Cl])([Cl])([Cl])[Cl].[Cl][Sb-]([Cl])([Cl])([Cl])([Cl])[Cl]. The molecule has 14 heteroatoms. The summed E-state index contributed by atoms with van der Waals surface area (Å²) in [4.78, 5) is 0. The van der Waals surface area contributed by atoms with E-state index in [4.69, 9.17) is 106 Å². The average Bonchev–Trinajstić information content (AvgIpc) is 3.91. The summed E-state index contributed by atoms with van der Waals surface area (Å²) in [6.45, 7) is 0. The van der Waals surface area contributed by atoms with Gasteiger partial charge >= 0.3 is 124 Å². The summed E-state index contributed by atoms with van der Waals surface area (Å²) in [5, 5.41) is 0. The molecule has 0 aliphatic carbocycles. The van der Waals surface area contributed by atoms with Crippen molar-refractivity contribution in [3.8, 4) is 68.2 Å². The van der Waals surface area contributed by atoms with E-state index in [1.54, 1.807) is 0 Å². The first kappa shape index (κ1) is 43.1.